The Morgan fingerprint density at radius 2 is 2.11 bits per heavy atom. The average molecular weight is 280 g/mol. The summed E-state index contributed by atoms with van der Waals surface area (Å²) in [4.78, 5) is 4.34. The Kier molecular flexibility index (Phi) is 2.97. The molecule has 0 spiro atoms. The third-order valence-corrected chi connectivity index (χ3v) is 5.49. The number of sulfone groups is 1. The Labute approximate surface area is 111 Å². The molecule has 6 heteroatoms. The second kappa shape index (κ2) is 4.52. The second-order valence-electron chi connectivity index (χ2n) is 5.12. The van der Waals surface area contributed by atoms with Crippen LogP contribution in [-0.2, 0) is 16.3 Å². The van der Waals surface area contributed by atoms with Gasteiger partial charge in [0.05, 0.1) is 17.7 Å². The molecule has 2 aromatic heterocycles. The molecule has 5 nitrogen and oxygen atoms in total. The molecule has 102 valence electrons. The van der Waals surface area contributed by atoms with Crippen molar-refractivity contribution < 1.29 is 13.5 Å². The number of fused-ring (bicyclic) bond motifs is 1. The van der Waals surface area contributed by atoms with E-state index in [1.165, 1.54) is 0 Å². The molecule has 0 radical (unpaired) electrons. The molecule has 2 aromatic rings. The first kappa shape index (κ1) is 12.5. The minimum atomic E-state index is -2.81. The second-order valence-corrected chi connectivity index (χ2v) is 7.43. The van der Waals surface area contributed by atoms with E-state index >= 15 is 0 Å². The summed E-state index contributed by atoms with van der Waals surface area (Å²) >= 11 is 0. The third-order valence-electron chi connectivity index (χ3n) is 3.77. The van der Waals surface area contributed by atoms with Crippen molar-refractivity contribution in [3.8, 4) is 5.75 Å². The number of rotatable bonds is 2. The average Bonchev–Trinajstić information content (AvgIpc) is 2.77. The van der Waals surface area contributed by atoms with Gasteiger partial charge in [0.25, 0.3) is 0 Å². The minimum Gasteiger partial charge on any atom is -0.506 e. The molecular formula is C13H16N2O3S. The molecule has 1 aliphatic heterocycles. The van der Waals surface area contributed by atoms with E-state index in [0.29, 0.717) is 24.3 Å². The molecule has 0 aromatic carbocycles. The molecule has 0 bridgehead atoms. The first-order valence-corrected chi connectivity index (χ1v) is 8.22. The Hall–Kier alpha value is -1.56. The molecule has 0 saturated carbocycles. The summed E-state index contributed by atoms with van der Waals surface area (Å²) in [5.74, 6) is 2.03. The van der Waals surface area contributed by atoms with Gasteiger partial charge in [-0.05, 0) is 30.9 Å². The van der Waals surface area contributed by atoms with Gasteiger partial charge in [-0.2, -0.15) is 0 Å². The maximum atomic E-state index is 11.4. The van der Waals surface area contributed by atoms with Crippen LogP contribution in [0.5, 0.6) is 5.75 Å². The monoisotopic (exact) mass is 280 g/mol. The zero-order valence-electron chi connectivity index (χ0n) is 10.5. The molecule has 1 fully saturated rings. The molecular weight excluding hydrogens is 264 g/mol. The molecule has 3 rings (SSSR count). The van der Waals surface area contributed by atoms with Crippen LogP contribution in [0.4, 0.5) is 0 Å². The van der Waals surface area contributed by atoms with E-state index in [2.05, 4.69) is 4.98 Å². The predicted molar refractivity (Wildman–Crippen MR) is 71.9 cm³/mol. The van der Waals surface area contributed by atoms with Crippen LogP contribution in [-0.4, -0.2) is 34.4 Å². The van der Waals surface area contributed by atoms with Gasteiger partial charge in [0, 0.05) is 12.6 Å². The number of hydrogen-bond acceptors (Lipinski definition) is 4. The summed E-state index contributed by atoms with van der Waals surface area (Å²) in [5, 5.41) is 9.72. The largest absolute Gasteiger partial charge is 0.506 e. The molecule has 0 aliphatic carbocycles. The number of aromatic nitrogens is 2. The summed E-state index contributed by atoms with van der Waals surface area (Å²) < 4.78 is 24.7. The summed E-state index contributed by atoms with van der Waals surface area (Å²) in [6.45, 7) is 0. The van der Waals surface area contributed by atoms with Gasteiger partial charge in [0.15, 0.2) is 0 Å². The van der Waals surface area contributed by atoms with Crippen LogP contribution in [0.3, 0.4) is 0 Å². The first-order valence-electron chi connectivity index (χ1n) is 6.39. The third kappa shape index (κ3) is 2.45. The van der Waals surface area contributed by atoms with Crippen molar-refractivity contribution in [2.45, 2.75) is 19.3 Å². The maximum absolute atomic E-state index is 11.4. The van der Waals surface area contributed by atoms with E-state index in [4.69, 9.17) is 0 Å². The highest BCUT2D eigenvalue weighted by Crippen LogP contribution is 2.25. The van der Waals surface area contributed by atoms with Crippen LogP contribution < -0.4 is 0 Å². The van der Waals surface area contributed by atoms with E-state index < -0.39 is 9.84 Å². The van der Waals surface area contributed by atoms with Crippen LogP contribution in [0.2, 0.25) is 0 Å². The number of hydrogen-bond donors (Lipinski definition) is 1. The van der Waals surface area contributed by atoms with Crippen molar-refractivity contribution in [1.82, 2.24) is 9.38 Å². The van der Waals surface area contributed by atoms with E-state index in [0.717, 1.165) is 12.2 Å². The quantitative estimate of drug-likeness (QED) is 0.902. The fourth-order valence-electron chi connectivity index (χ4n) is 2.61. The smallest absolute Gasteiger partial charge is 0.150 e. The Morgan fingerprint density at radius 3 is 2.84 bits per heavy atom. The van der Waals surface area contributed by atoms with Gasteiger partial charge >= 0.3 is 0 Å². The zero-order chi connectivity index (χ0) is 13.5. The molecule has 1 aliphatic rings. The normalized spacial score (nSPS) is 19.8. The van der Waals surface area contributed by atoms with E-state index in [1.54, 1.807) is 18.3 Å². The molecule has 0 atom stereocenters. The van der Waals surface area contributed by atoms with Crippen molar-refractivity contribution in [1.29, 1.82) is 0 Å². The lowest BCUT2D eigenvalue weighted by Gasteiger charge is -2.21. The summed E-state index contributed by atoms with van der Waals surface area (Å²) in [7, 11) is -2.81. The van der Waals surface area contributed by atoms with Gasteiger partial charge in [0.2, 0.25) is 0 Å². The molecule has 0 amide bonds. The van der Waals surface area contributed by atoms with Gasteiger partial charge in [-0.1, -0.05) is 0 Å². The van der Waals surface area contributed by atoms with E-state index in [-0.39, 0.29) is 17.3 Å². The summed E-state index contributed by atoms with van der Waals surface area (Å²) in [5.41, 5.74) is 0.695. The fraction of sp³-hybridized carbons (Fsp3) is 0.462. The van der Waals surface area contributed by atoms with Gasteiger partial charge < -0.3 is 9.51 Å². The predicted octanol–water partition coefficient (Wildman–Crippen LogP) is 1.41. The van der Waals surface area contributed by atoms with Gasteiger partial charge in [-0.3, -0.25) is 0 Å². The van der Waals surface area contributed by atoms with Crippen LogP contribution in [0.1, 0.15) is 18.7 Å². The van der Waals surface area contributed by atoms with Crippen LogP contribution in [0, 0.1) is 5.92 Å². The first-order chi connectivity index (χ1) is 9.05. The molecule has 1 N–H and O–H groups in total. The van der Waals surface area contributed by atoms with E-state index in [9.17, 15) is 13.5 Å². The lowest BCUT2D eigenvalue weighted by atomic mass is 9.98. The van der Waals surface area contributed by atoms with E-state index in [1.807, 2.05) is 10.6 Å². The Balaban J connectivity index is 1.81. The number of nitrogens with zero attached hydrogens (tertiary/aromatic N) is 2. The maximum Gasteiger partial charge on any atom is 0.150 e. The molecule has 3 heterocycles. The van der Waals surface area contributed by atoms with Crippen molar-refractivity contribution >= 4 is 15.4 Å². The lowest BCUT2D eigenvalue weighted by Crippen LogP contribution is -2.25. The Bertz CT molecular complexity index is 692. The molecule has 0 unspecified atom stereocenters. The van der Waals surface area contributed by atoms with Crippen molar-refractivity contribution in [3.05, 3.63) is 30.4 Å². The number of aromatic hydroxyl groups is 1. The topological polar surface area (TPSA) is 71.7 Å². The van der Waals surface area contributed by atoms with Gasteiger partial charge in [-0.15, -0.1) is 0 Å². The number of pyridine rings is 1. The van der Waals surface area contributed by atoms with Crippen LogP contribution in [0.15, 0.2) is 24.5 Å². The SMILES string of the molecule is O=S1(=O)CCC(Cc2ncc3c(O)cccn23)CC1. The Morgan fingerprint density at radius 1 is 1.37 bits per heavy atom. The van der Waals surface area contributed by atoms with Crippen LogP contribution >= 0.6 is 0 Å². The van der Waals surface area contributed by atoms with Crippen molar-refractivity contribution in [2.24, 2.45) is 5.92 Å². The van der Waals surface area contributed by atoms with Gasteiger partial charge in [-0.25, -0.2) is 13.4 Å². The zero-order valence-corrected chi connectivity index (χ0v) is 11.3. The number of imidazole rings is 1. The molecule has 1 saturated heterocycles. The highest BCUT2D eigenvalue weighted by atomic mass is 32.2. The fourth-order valence-corrected chi connectivity index (χ4v) is 4.20. The highest BCUT2D eigenvalue weighted by molar-refractivity contribution is 7.91. The van der Waals surface area contributed by atoms with Crippen LogP contribution in [0.25, 0.3) is 5.52 Å². The highest BCUT2D eigenvalue weighted by Gasteiger charge is 2.24. The lowest BCUT2D eigenvalue weighted by molar-refractivity contribution is 0.452. The molecule has 19 heavy (non-hydrogen) atoms. The summed E-state index contributed by atoms with van der Waals surface area (Å²) in [6.07, 6.45) is 5.69. The van der Waals surface area contributed by atoms with Crippen molar-refractivity contribution in [2.75, 3.05) is 11.5 Å². The minimum absolute atomic E-state index is 0.215. The summed E-state index contributed by atoms with van der Waals surface area (Å²) in [6, 6.07) is 3.41. The van der Waals surface area contributed by atoms with Crippen molar-refractivity contribution in [3.63, 3.8) is 0 Å². The van der Waals surface area contributed by atoms with Gasteiger partial charge in [0.1, 0.15) is 26.9 Å². The standard InChI is InChI=1S/C13H16N2O3S/c16-12-2-1-5-15-11(12)9-14-13(15)8-10-3-6-19(17,18)7-4-10/h1-2,5,9-10,16H,3-4,6-8H2.